The number of hydrogen-bond acceptors (Lipinski definition) is 1. The minimum absolute atomic E-state index is 0.159. The van der Waals surface area contributed by atoms with Gasteiger partial charge >= 0.3 is 0 Å². The second-order valence-corrected chi connectivity index (χ2v) is 7.40. The van der Waals surface area contributed by atoms with E-state index in [1.165, 1.54) is 25.3 Å². The van der Waals surface area contributed by atoms with E-state index < -0.39 is 0 Å². The van der Waals surface area contributed by atoms with Crippen molar-refractivity contribution in [2.24, 2.45) is 17.8 Å². The Morgan fingerprint density at radius 1 is 1.29 bits per heavy atom. The van der Waals surface area contributed by atoms with E-state index in [1.807, 2.05) is 6.07 Å². The molecule has 118 valence electrons. The van der Waals surface area contributed by atoms with Crippen molar-refractivity contribution < 1.29 is 4.39 Å². The van der Waals surface area contributed by atoms with Gasteiger partial charge in [0.25, 0.3) is 0 Å². The van der Waals surface area contributed by atoms with Gasteiger partial charge in [0.1, 0.15) is 5.82 Å². The minimum atomic E-state index is -0.159. The van der Waals surface area contributed by atoms with Crippen LogP contribution in [0.2, 0.25) is 0 Å². The molecule has 21 heavy (non-hydrogen) atoms. The highest BCUT2D eigenvalue weighted by molar-refractivity contribution is 9.10. The first-order chi connectivity index (χ1) is 10.0. The smallest absolute Gasteiger partial charge is 0.137 e. The molecule has 0 bridgehead atoms. The normalized spacial score (nSPS) is 27.6. The van der Waals surface area contributed by atoms with Crippen LogP contribution < -0.4 is 5.32 Å². The quantitative estimate of drug-likeness (QED) is 0.713. The molecule has 3 heteroatoms. The number of rotatable bonds is 5. The molecule has 0 amide bonds. The Hall–Kier alpha value is -0.410. The van der Waals surface area contributed by atoms with E-state index in [4.69, 9.17) is 0 Å². The van der Waals surface area contributed by atoms with Crippen LogP contribution in [0.3, 0.4) is 0 Å². The molecule has 0 saturated heterocycles. The van der Waals surface area contributed by atoms with Gasteiger partial charge in [0.05, 0.1) is 4.47 Å². The molecule has 2 rings (SSSR count). The number of halogens is 2. The largest absolute Gasteiger partial charge is 0.310 e. The van der Waals surface area contributed by atoms with Crippen LogP contribution in [0.15, 0.2) is 22.7 Å². The van der Waals surface area contributed by atoms with E-state index in [-0.39, 0.29) is 11.9 Å². The summed E-state index contributed by atoms with van der Waals surface area (Å²) >= 11 is 3.45. The molecule has 1 N–H and O–H groups in total. The molecule has 1 fully saturated rings. The van der Waals surface area contributed by atoms with Crippen molar-refractivity contribution >= 4 is 15.9 Å². The molecule has 1 aromatic carbocycles. The summed E-state index contributed by atoms with van der Waals surface area (Å²) < 4.78 is 14.5. The van der Waals surface area contributed by atoms with Crippen molar-refractivity contribution in [3.63, 3.8) is 0 Å². The van der Waals surface area contributed by atoms with E-state index in [9.17, 15) is 4.39 Å². The van der Waals surface area contributed by atoms with Crippen molar-refractivity contribution in [3.05, 3.63) is 34.1 Å². The van der Waals surface area contributed by atoms with E-state index in [0.717, 1.165) is 30.4 Å². The maximum Gasteiger partial charge on any atom is 0.137 e. The van der Waals surface area contributed by atoms with Crippen LogP contribution in [-0.2, 0) is 0 Å². The lowest BCUT2D eigenvalue weighted by atomic mass is 9.72. The topological polar surface area (TPSA) is 12.0 Å². The monoisotopic (exact) mass is 355 g/mol. The van der Waals surface area contributed by atoms with Gasteiger partial charge in [-0.25, -0.2) is 4.39 Å². The molecule has 1 nitrogen and oxygen atoms in total. The van der Waals surface area contributed by atoms with Gasteiger partial charge in [0.2, 0.25) is 0 Å². The third kappa shape index (κ3) is 4.07. The highest BCUT2D eigenvalue weighted by Gasteiger charge is 2.31. The third-order valence-electron chi connectivity index (χ3n) is 5.04. The van der Waals surface area contributed by atoms with Gasteiger partial charge in [-0.2, -0.15) is 0 Å². The zero-order valence-electron chi connectivity index (χ0n) is 13.3. The summed E-state index contributed by atoms with van der Waals surface area (Å²) in [7, 11) is 0. The molecule has 1 aliphatic carbocycles. The first-order valence-corrected chi connectivity index (χ1v) is 9.01. The molecule has 4 unspecified atom stereocenters. The molecule has 0 radical (unpaired) electrons. The first kappa shape index (κ1) is 17.0. The molecular formula is C18H27BrFN. The van der Waals surface area contributed by atoms with Crippen LogP contribution in [0.1, 0.15) is 58.1 Å². The number of hydrogen-bond donors (Lipinski definition) is 1. The summed E-state index contributed by atoms with van der Waals surface area (Å²) in [6.45, 7) is 7.87. The van der Waals surface area contributed by atoms with Crippen molar-refractivity contribution in [1.29, 1.82) is 0 Å². The molecule has 4 atom stereocenters. The van der Waals surface area contributed by atoms with Gasteiger partial charge < -0.3 is 5.32 Å². The average molecular weight is 356 g/mol. The summed E-state index contributed by atoms with van der Waals surface area (Å²) in [5.41, 5.74) is 1.08. The molecule has 0 heterocycles. The molecule has 0 aliphatic heterocycles. The Labute approximate surface area is 136 Å². The summed E-state index contributed by atoms with van der Waals surface area (Å²) in [5.74, 6) is 2.00. The van der Waals surface area contributed by atoms with E-state index >= 15 is 0 Å². The lowest BCUT2D eigenvalue weighted by Gasteiger charge is -2.37. The first-order valence-electron chi connectivity index (χ1n) is 8.21. The highest BCUT2D eigenvalue weighted by Crippen LogP contribution is 2.41. The second-order valence-electron chi connectivity index (χ2n) is 6.60. The maximum absolute atomic E-state index is 13.9. The molecule has 1 aromatic rings. The predicted octanol–water partition coefficient (Wildman–Crippen LogP) is 5.70. The van der Waals surface area contributed by atoms with Gasteiger partial charge in [-0.3, -0.25) is 0 Å². The molecule has 0 aromatic heterocycles. The van der Waals surface area contributed by atoms with Crippen molar-refractivity contribution in [2.45, 2.75) is 52.5 Å². The summed E-state index contributed by atoms with van der Waals surface area (Å²) in [5, 5.41) is 3.66. The highest BCUT2D eigenvalue weighted by atomic mass is 79.9. The Kier molecular flexibility index (Phi) is 6.24. The van der Waals surface area contributed by atoms with E-state index in [1.54, 1.807) is 0 Å². The van der Waals surface area contributed by atoms with Crippen LogP contribution in [0.4, 0.5) is 4.39 Å². The maximum atomic E-state index is 13.9. The Balaban J connectivity index is 2.23. The molecular weight excluding hydrogens is 329 g/mol. The Morgan fingerprint density at radius 2 is 2.05 bits per heavy atom. The van der Waals surface area contributed by atoms with Crippen LogP contribution in [0.25, 0.3) is 0 Å². The summed E-state index contributed by atoms with van der Waals surface area (Å²) in [6, 6.07) is 5.66. The van der Waals surface area contributed by atoms with E-state index in [2.05, 4.69) is 48.1 Å². The number of nitrogens with one attached hydrogen (secondary N) is 1. The fourth-order valence-corrected chi connectivity index (χ4v) is 3.99. The van der Waals surface area contributed by atoms with Crippen LogP contribution in [0.5, 0.6) is 0 Å². The average Bonchev–Trinajstić information content (AvgIpc) is 2.47. The molecule has 1 aliphatic rings. The van der Waals surface area contributed by atoms with Gasteiger partial charge in [-0.1, -0.05) is 39.3 Å². The van der Waals surface area contributed by atoms with Crippen molar-refractivity contribution in [3.8, 4) is 0 Å². The minimum Gasteiger partial charge on any atom is -0.310 e. The van der Waals surface area contributed by atoms with Gasteiger partial charge in [0.15, 0.2) is 0 Å². The van der Waals surface area contributed by atoms with Gasteiger partial charge in [0, 0.05) is 6.04 Å². The van der Waals surface area contributed by atoms with Crippen molar-refractivity contribution in [1.82, 2.24) is 5.32 Å². The second kappa shape index (κ2) is 7.73. The lowest BCUT2D eigenvalue weighted by Crippen LogP contribution is -2.34. The standard InChI is InChI=1S/C18H27BrFN/c1-4-10-21-18(14-9-8-12(2)13(3)11-14)15-6-5-7-16(20)17(15)19/h5-7,12-14,18,21H,4,8-11H2,1-3H3. The zero-order chi connectivity index (χ0) is 15.4. The predicted molar refractivity (Wildman–Crippen MR) is 90.8 cm³/mol. The van der Waals surface area contributed by atoms with Crippen LogP contribution in [-0.4, -0.2) is 6.54 Å². The third-order valence-corrected chi connectivity index (χ3v) is 5.88. The Morgan fingerprint density at radius 3 is 2.71 bits per heavy atom. The summed E-state index contributed by atoms with van der Waals surface area (Å²) in [6.07, 6.45) is 4.84. The Bertz CT molecular complexity index is 463. The van der Waals surface area contributed by atoms with Crippen molar-refractivity contribution in [2.75, 3.05) is 6.54 Å². The lowest BCUT2D eigenvalue weighted by molar-refractivity contribution is 0.170. The van der Waals surface area contributed by atoms with Gasteiger partial charge in [-0.05, 0) is 71.1 Å². The molecule has 0 spiro atoms. The number of benzene rings is 1. The van der Waals surface area contributed by atoms with Crippen LogP contribution in [0, 0.1) is 23.6 Å². The fourth-order valence-electron chi connectivity index (χ4n) is 3.48. The zero-order valence-corrected chi connectivity index (χ0v) is 14.9. The fraction of sp³-hybridized carbons (Fsp3) is 0.667. The van der Waals surface area contributed by atoms with E-state index in [0.29, 0.717) is 10.4 Å². The summed E-state index contributed by atoms with van der Waals surface area (Å²) in [4.78, 5) is 0. The van der Waals surface area contributed by atoms with Gasteiger partial charge in [-0.15, -0.1) is 0 Å². The molecule has 1 saturated carbocycles. The van der Waals surface area contributed by atoms with Crippen LogP contribution >= 0.6 is 15.9 Å². The SMILES string of the molecule is CCCNC(c1cccc(F)c1Br)C1CCC(C)C(C)C1.